The Bertz CT molecular complexity index is 633. The van der Waals surface area contributed by atoms with Gasteiger partial charge in [-0.3, -0.25) is 4.79 Å². The fraction of sp³-hybridized carbons (Fsp3) is 0.500. The molecule has 0 bridgehead atoms. The molecular weight excluding hydrogens is 248 g/mol. The largest absolute Gasteiger partial charge is 0.481 e. The van der Waals surface area contributed by atoms with Crippen molar-refractivity contribution in [2.24, 2.45) is 0 Å². The number of carbonyl (C=O) groups is 1. The minimum Gasteiger partial charge on any atom is -0.481 e. The molecule has 0 radical (unpaired) electrons. The minimum absolute atomic E-state index is 0.0861. The van der Waals surface area contributed by atoms with Crippen LogP contribution in [0.4, 0.5) is 5.82 Å². The van der Waals surface area contributed by atoms with E-state index in [2.05, 4.69) is 20.4 Å². The Morgan fingerprint density at radius 1 is 1.53 bits per heavy atom. The van der Waals surface area contributed by atoms with Gasteiger partial charge in [-0.15, -0.1) is 0 Å². The number of carboxylic acids is 1. The van der Waals surface area contributed by atoms with Crippen LogP contribution in [0.25, 0.3) is 11.1 Å². The summed E-state index contributed by atoms with van der Waals surface area (Å²) in [5, 5.41) is 16.9. The fourth-order valence-electron chi connectivity index (χ4n) is 2.51. The van der Waals surface area contributed by atoms with Crippen LogP contribution in [0.3, 0.4) is 0 Å². The predicted molar refractivity (Wildman–Crippen MR) is 66.8 cm³/mol. The van der Waals surface area contributed by atoms with Crippen molar-refractivity contribution in [2.75, 3.05) is 5.32 Å². The molecule has 0 saturated heterocycles. The van der Waals surface area contributed by atoms with Crippen molar-refractivity contribution in [3.63, 3.8) is 0 Å². The maximum Gasteiger partial charge on any atom is 0.305 e. The Morgan fingerprint density at radius 3 is 2.95 bits per heavy atom. The quantitative estimate of drug-likeness (QED) is 0.865. The van der Waals surface area contributed by atoms with E-state index in [0.29, 0.717) is 17.2 Å². The average Bonchev–Trinajstić information content (AvgIpc) is 2.69. The van der Waals surface area contributed by atoms with Crippen LogP contribution >= 0.6 is 0 Å². The van der Waals surface area contributed by atoms with Gasteiger partial charge in [0.05, 0.1) is 12.1 Å². The average molecular weight is 262 g/mol. The Labute approximate surface area is 109 Å². The molecule has 0 spiro atoms. The van der Waals surface area contributed by atoms with E-state index in [1.54, 1.807) is 0 Å². The second-order valence-electron chi connectivity index (χ2n) is 5.00. The molecule has 2 N–H and O–H groups in total. The summed E-state index contributed by atoms with van der Waals surface area (Å²) < 4.78 is 5.08. The lowest BCUT2D eigenvalue weighted by atomic mass is 9.74. The summed E-state index contributed by atoms with van der Waals surface area (Å²) >= 11 is 0. The third-order valence-electron chi connectivity index (χ3n) is 3.63. The zero-order chi connectivity index (χ0) is 13.5. The molecule has 100 valence electrons. The Balaban J connectivity index is 1.96. The third kappa shape index (κ3) is 2.00. The Hall–Kier alpha value is -2.18. The number of aliphatic carboxylic acids is 1. The van der Waals surface area contributed by atoms with Crippen molar-refractivity contribution in [2.45, 2.75) is 38.1 Å². The summed E-state index contributed by atoms with van der Waals surface area (Å²) in [7, 11) is 0. The van der Waals surface area contributed by atoms with E-state index < -0.39 is 11.5 Å². The molecular formula is C12H14N4O3. The van der Waals surface area contributed by atoms with Gasteiger partial charge in [0.1, 0.15) is 17.5 Å². The van der Waals surface area contributed by atoms with Crippen LogP contribution in [0.1, 0.15) is 31.4 Å². The summed E-state index contributed by atoms with van der Waals surface area (Å²) in [6.07, 6.45) is 4.16. The summed E-state index contributed by atoms with van der Waals surface area (Å²) in [5.74, 6) is -0.204. The SMILES string of the molecule is Cc1noc2ncnc(NC3(CC(=O)O)CCC3)c12. The van der Waals surface area contributed by atoms with E-state index in [1.807, 2.05) is 6.92 Å². The number of nitrogens with zero attached hydrogens (tertiary/aromatic N) is 3. The number of hydrogen-bond acceptors (Lipinski definition) is 6. The number of aryl methyl sites for hydroxylation is 1. The normalized spacial score (nSPS) is 17.1. The summed E-state index contributed by atoms with van der Waals surface area (Å²) in [4.78, 5) is 19.2. The summed E-state index contributed by atoms with van der Waals surface area (Å²) in [6, 6.07) is 0. The molecule has 7 heteroatoms. The first-order chi connectivity index (χ1) is 9.10. The van der Waals surface area contributed by atoms with Gasteiger partial charge < -0.3 is 14.9 Å². The van der Waals surface area contributed by atoms with Gasteiger partial charge in [0.2, 0.25) is 0 Å². The maximum absolute atomic E-state index is 11.0. The first kappa shape index (κ1) is 11.9. The van der Waals surface area contributed by atoms with Gasteiger partial charge in [-0.05, 0) is 26.2 Å². The molecule has 19 heavy (non-hydrogen) atoms. The molecule has 3 rings (SSSR count). The van der Waals surface area contributed by atoms with E-state index in [0.717, 1.165) is 24.6 Å². The van der Waals surface area contributed by atoms with Gasteiger partial charge in [0.15, 0.2) is 0 Å². The first-order valence-corrected chi connectivity index (χ1v) is 6.17. The van der Waals surface area contributed by atoms with Crippen LogP contribution < -0.4 is 5.32 Å². The van der Waals surface area contributed by atoms with Crippen molar-refractivity contribution < 1.29 is 14.4 Å². The number of rotatable bonds is 4. The molecule has 2 aromatic rings. The van der Waals surface area contributed by atoms with Crippen LogP contribution in [-0.4, -0.2) is 31.7 Å². The number of fused-ring (bicyclic) bond motifs is 1. The smallest absolute Gasteiger partial charge is 0.305 e. The van der Waals surface area contributed by atoms with Crippen LogP contribution in [0.2, 0.25) is 0 Å². The molecule has 1 fully saturated rings. The van der Waals surface area contributed by atoms with Crippen molar-refractivity contribution in [1.29, 1.82) is 0 Å². The lowest BCUT2D eigenvalue weighted by molar-refractivity contribution is -0.138. The van der Waals surface area contributed by atoms with Crippen LogP contribution in [-0.2, 0) is 4.79 Å². The molecule has 0 amide bonds. The number of hydrogen-bond donors (Lipinski definition) is 2. The minimum atomic E-state index is -0.806. The summed E-state index contributed by atoms with van der Waals surface area (Å²) in [5.41, 5.74) is 0.708. The molecule has 1 aliphatic carbocycles. The zero-order valence-corrected chi connectivity index (χ0v) is 10.5. The highest BCUT2D eigenvalue weighted by Crippen LogP contribution is 2.39. The number of aromatic nitrogens is 3. The van der Waals surface area contributed by atoms with Gasteiger partial charge >= 0.3 is 5.97 Å². The molecule has 0 unspecified atom stereocenters. The topological polar surface area (TPSA) is 101 Å². The molecule has 0 aromatic carbocycles. The molecule has 1 saturated carbocycles. The maximum atomic E-state index is 11.0. The Morgan fingerprint density at radius 2 is 2.32 bits per heavy atom. The van der Waals surface area contributed by atoms with Gasteiger partial charge in [0, 0.05) is 5.54 Å². The molecule has 1 aliphatic rings. The number of carboxylic acid groups (broad SMARTS) is 1. The van der Waals surface area contributed by atoms with Gasteiger partial charge in [-0.25, -0.2) is 4.98 Å². The Kier molecular flexibility index (Phi) is 2.62. The monoisotopic (exact) mass is 262 g/mol. The van der Waals surface area contributed by atoms with Gasteiger partial charge in [-0.2, -0.15) is 4.98 Å². The van der Waals surface area contributed by atoms with Crippen molar-refractivity contribution >= 4 is 22.9 Å². The standard InChI is InChI=1S/C12H14N4O3/c1-7-9-10(13-6-14-11(9)19-16-7)15-12(3-2-4-12)5-8(17)18/h6H,2-5H2,1H3,(H,17,18)(H,13,14,15). The number of nitrogens with one attached hydrogen (secondary N) is 1. The third-order valence-corrected chi connectivity index (χ3v) is 3.63. The van der Waals surface area contributed by atoms with Crippen LogP contribution in [0.5, 0.6) is 0 Å². The number of anilines is 1. The van der Waals surface area contributed by atoms with Gasteiger partial charge in [0.25, 0.3) is 5.71 Å². The fourth-order valence-corrected chi connectivity index (χ4v) is 2.51. The second kappa shape index (κ2) is 4.18. The molecule has 7 nitrogen and oxygen atoms in total. The molecule has 0 aliphatic heterocycles. The van der Waals surface area contributed by atoms with Crippen molar-refractivity contribution in [1.82, 2.24) is 15.1 Å². The van der Waals surface area contributed by atoms with E-state index in [4.69, 9.17) is 9.63 Å². The lowest BCUT2D eigenvalue weighted by Gasteiger charge is -2.41. The molecule has 2 aromatic heterocycles. The van der Waals surface area contributed by atoms with Crippen molar-refractivity contribution in [3.05, 3.63) is 12.0 Å². The van der Waals surface area contributed by atoms with E-state index >= 15 is 0 Å². The molecule has 0 atom stereocenters. The van der Waals surface area contributed by atoms with Crippen molar-refractivity contribution in [3.8, 4) is 0 Å². The van der Waals surface area contributed by atoms with Crippen LogP contribution in [0, 0.1) is 6.92 Å². The highest BCUT2D eigenvalue weighted by Gasteiger charge is 2.39. The predicted octanol–water partition coefficient (Wildman–Crippen LogP) is 1.74. The highest BCUT2D eigenvalue weighted by atomic mass is 16.5. The van der Waals surface area contributed by atoms with E-state index in [1.165, 1.54) is 6.33 Å². The zero-order valence-electron chi connectivity index (χ0n) is 10.5. The van der Waals surface area contributed by atoms with Gasteiger partial charge in [-0.1, -0.05) is 5.16 Å². The highest BCUT2D eigenvalue weighted by molar-refractivity contribution is 5.87. The van der Waals surface area contributed by atoms with E-state index in [-0.39, 0.29) is 6.42 Å². The molecule has 2 heterocycles. The van der Waals surface area contributed by atoms with E-state index in [9.17, 15) is 4.79 Å². The van der Waals surface area contributed by atoms with Crippen LogP contribution in [0.15, 0.2) is 10.9 Å². The first-order valence-electron chi connectivity index (χ1n) is 6.17. The lowest BCUT2D eigenvalue weighted by Crippen LogP contribution is -2.47. The summed E-state index contributed by atoms with van der Waals surface area (Å²) in [6.45, 7) is 1.81. The second-order valence-corrected chi connectivity index (χ2v) is 5.00.